The molecule has 3 fully saturated rings. The monoisotopic (exact) mass is 226 g/mol. The van der Waals surface area contributed by atoms with Gasteiger partial charge >= 0.3 is 0 Å². The van der Waals surface area contributed by atoms with E-state index in [9.17, 15) is 0 Å². The van der Waals surface area contributed by atoms with Gasteiger partial charge in [-0.3, -0.25) is 0 Å². The summed E-state index contributed by atoms with van der Waals surface area (Å²) in [5, 5.41) is 3.76. The molecule has 0 radical (unpaired) electrons. The van der Waals surface area contributed by atoms with Gasteiger partial charge in [0.1, 0.15) is 0 Å². The molecule has 3 rings (SSSR count). The van der Waals surface area contributed by atoms with E-state index in [0.29, 0.717) is 0 Å². The molecule has 1 saturated carbocycles. The van der Waals surface area contributed by atoms with Crippen LogP contribution in [0.2, 0.25) is 0 Å². The van der Waals surface area contributed by atoms with Crippen LogP contribution in [0.25, 0.3) is 0 Å². The molecule has 0 spiro atoms. The summed E-state index contributed by atoms with van der Waals surface area (Å²) in [5.41, 5.74) is 0. The predicted octanol–water partition coefficient (Wildman–Crippen LogP) is 1.42. The second kappa shape index (κ2) is 4.64. The molecule has 3 heteroatoms. The molecule has 0 aromatic carbocycles. The molecule has 1 N–H and O–H groups in total. The van der Waals surface area contributed by atoms with Crippen LogP contribution >= 0.6 is 11.8 Å². The Hall–Kier alpha value is 0.270. The molecule has 1 aliphatic carbocycles. The summed E-state index contributed by atoms with van der Waals surface area (Å²) in [6.07, 6.45) is 4.47. The van der Waals surface area contributed by atoms with Gasteiger partial charge in [0.05, 0.1) is 0 Å². The molecule has 3 unspecified atom stereocenters. The van der Waals surface area contributed by atoms with E-state index in [1.807, 2.05) is 0 Å². The van der Waals surface area contributed by atoms with E-state index in [0.717, 1.165) is 17.9 Å². The lowest BCUT2D eigenvalue weighted by molar-refractivity contribution is 0.244. The van der Waals surface area contributed by atoms with Crippen LogP contribution in [0, 0.1) is 11.8 Å². The molecule has 2 nitrogen and oxygen atoms in total. The van der Waals surface area contributed by atoms with Crippen molar-refractivity contribution in [3.63, 3.8) is 0 Å². The fraction of sp³-hybridized carbons (Fsp3) is 1.00. The van der Waals surface area contributed by atoms with Crippen molar-refractivity contribution in [3.05, 3.63) is 0 Å². The highest BCUT2D eigenvalue weighted by molar-refractivity contribution is 7.99. The van der Waals surface area contributed by atoms with E-state index in [-0.39, 0.29) is 0 Å². The molecule has 86 valence electrons. The molecule has 0 amide bonds. The normalized spacial score (nSPS) is 42.0. The molecular formula is C12H22N2S. The minimum Gasteiger partial charge on any atom is -0.312 e. The van der Waals surface area contributed by atoms with Crippen molar-refractivity contribution < 1.29 is 0 Å². The Bertz CT molecular complexity index is 216. The summed E-state index contributed by atoms with van der Waals surface area (Å²) in [7, 11) is 0. The van der Waals surface area contributed by atoms with Crippen molar-refractivity contribution in [2.75, 3.05) is 37.7 Å². The number of hydrogen-bond donors (Lipinski definition) is 1. The van der Waals surface area contributed by atoms with Crippen molar-refractivity contribution in [1.82, 2.24) is 10.2 Å². The summed E-state index contributed by atoms with van der Waals surface area (Å²) in [4.78, 5) is 2.68. The number of hydrogen-bond acceptors (Lipinski definition) is 3. The fourth-order valence-corrected chi connectivity index (χ4v) is 4.54. The lowest BCUT2D eigenvalue weighted by atomic mass is 9.94. The molecule has 3 atom stereocenters. The SMILES string of the molecule is C1CC2CNC(CN3CCSCC3)C2C1. The van der Waals surface area contributed by atoms with Crippen molar-refractivity contribution in [3.8, 4) is 0 Å². The van der Waals surface area contributed by atoms with Gasteiger partial charge in [-0.05, 0) is 31.2 Å². The van der Waals surface area contributed by atoms with E-state index in [1.165, 1.54) is 56.9 Å². The smallest absolute Gasteiger partial charge is 0.0226 e. The van der Waals surface area contributed by atoms with Gasteiger partial charge in [-0.25, -0.2) is 0 Å². The summed E-state index contributed by atoms with van der Waals surface area (Å²) in [6, 6.07) is 0.820. The summed E-state index contributed by atoms with van der Waals surface area (Å²) < 4.78 is 0. The van der Waals surface area contributed by atoms with Gasteiger partial charge in [0.25, 0.3) is 0 Å². The second-order valence-electron chi connectivity index (χ2n) is 5.28. The Morgan fingerprint density at radius 1 is 1.20 bits per heavy atom. The van der Waals surface area contributed by atoms with Gasteiger partial charge in [0.15, 0.2) is 0 Å². The van der Waals surface area contributed by atoms with Crippen LogP contribution in [0.15, 0.2) is 0 Å². The average Bonchev–Trinajstić information content (AvgIpc) is 2.85. The van der Waals surface area contributed by atoms with E-state index in [4.69, 9.17) is 0 Å². The van der Waals surface area contributed by atoms with Gasteiger partial charge in [-0.1, -0.05) is 6.42 Å². The van der Waals surface area contributed by atoms with E-state index >= 15 is 0 Å². The minimum atomic E-state index is 0.820. The topological polar surface area (TPSA) is 15.3 Å². The Balaban J connectivity index is 1.54. The summed E-state index contributed by atoms with van der Waals surface area (Å²) in [6.45, 7) is 5.26. The van der Waals surface area contributed by atoms with E-state index in [2.05, 4.69) is 22.0 Å². The number of rotatable bonds is 2. The molecular weight excluding hydrogens is 204 g/mol. The highest BCUT2D eigenvalue weighted by Crippen LogP contribution is 2.37. The molecule has 0 aromatic heterocycles. The quantitative estimate of drug-likeness (QED) is 0.767. The standard InChI is InChI=1S/C12H22N2S/c1-2-10-8-13-12(11(10)3-1)9-14-4-6-15-7-5-14/h10-13H,1-9H2. The van der Waals surface area contributed by atoms with Crippen LogP contribution in [-0.4, -0.2) is 48.6 Å². The molecule has 2 aliphatic heterocycles. The maximum absolute atomic E-state index is 3.76. The molecule has 15 heavy (non-hydrogen) atoms. The molecule has 0 aromatic rings. The van der Waals surface area contributed by atoms with Crippen LogP contribution in [-0.2, 0) is 0 Å². The Morgan fingerprint density at radius 2 is 2.07 bits per heavy atom. The number of fused-ring (bicyclic) bond motifs is 1. The zero-order valence-corrected chi connectivity index (χ0v) is 10.3. The lowest BCUT2D eigenvalue weighted by Gasteiger charge is -2.30. The van der Waals surface area contributed by atoms with Crippen molar-refractivity contribution in [1.29, 1.82) is 0 Å². The van der Waals surface area contributed by atoms with Crippen molar-refractivity contribution in [2.24, 2.45) is 11.8 Å². The van der Waals surface area contributed by atoms with E-state index < -0.39 is 0 Å². The number of nitrogens with zero attached hydrogens (tertiary/aromatic N) is 1. The third-order valence-electron chi connectivity index (χ3n) is 4.44. The summed E-state index contributed by atoms with van der Waals surface area (Å²) in [5.74, 6) is 4.73. The van der Waals surface area contributed by atoms with Crippen LogP contribution in [0.1, 0.15) is 19.3 Å². The average molecular weight is 226 g/mol. The molecule has 0 bridgehead atoms. The highest BCUT2D eigenvalue weighted by Gasteiger charge is 2.39. The lowest BCUT2D eigenvalue weighted by Crippen LogP contribution is -2.43. The first-order chi connectivity index (χ1) is 7.43. The molecule has 2 heterocycles. The minimum absolute atomic E-state index is 0.820. The molecule has 2 saturated heterocycles. The van der Waals surface area contributed by atoms with Gasteiger partial charge in [-0.2, -0.15) is 11.8 Å². The first-order valence-electron chi connectivity index (χ1n) is 6.47. The van der Waals surface area contributed by atoms with Crippen LogP contribution in [0.4, 0.5) is 0 Å². The van der Waals surface area contributed by atoms with Crippen LogP contribution in [0.3, 0.4) is 0 Å². The fourth-order valence-electron chi connectivity index (χ4n) is 3.56. The predicted molar refractivity (Wildman–Crippen MR) is 66.4 cm³/mol. The summed E-state index contributed by atoms with van der Waals surface area (Å²) >= 11 is 2.11. The zero-order valence-electron chi connectivity index (χ0n) is 9.45. The first kappa shape index (κ1) is 10.4. The third-order valence-corrected chi connectivity index (χ3v) is 5.38. The maximum Gasteiger partial charge on any atom is 0.0226 e. The van der Waals surface area contributed by atoms with Crippen molar-refractivity contribution >= 4 is 11.8 Å². The number of nitrogens with one attached hydrogen (secondary N) is 1. The largest absolute Gasteiger partial charge is 0.312 e. The maximum atomic E-state index is 3.76. The van der Waals surface area contributed by atoms with E-state index in [1.54, 1.807) is 0 Å². The second-order valence-corrected chi connectivity index (χ2v) is 6.51. The van der Waals surface area contributed by atoms with Crippen LogP contribution < -0.4 is 5.32 Å². The van der Waals surface area contributed by atoms with Crippen molar-refractivity contribution in [2.45, 2.75) is 25.3 Å². The van der Waals surface area contributed by atoms with Crippen LogP contribution in [0.5, 0.6) is 0 Å². The number of thioether (sulfide) groups is 1. The zero-order chi connectivity index (χ0) is 10.1. The molecule has 3 aliphatic rings. The van der Waals surface area contributed by atoms with Gasteiger partial charge in [0.2, 0.25) is 0 Å². The van der Waals surface area contributed by atoms with Gasteiger partial charge in [-0.15, -0.1) is 0 Å². The highest BCUT2D eigenvalue weighted by atomic mass is 32.2. The third kappa shape index (κ3) is 2.20. The Kier molecular flexibility index (Phi) is 3.23. The van der Waals surface area contributed by atoms with Gasteiger partial charge in [0, 0.05) is 37.2 Å². The first-order valence-corrected chi connectivity index (χ1v) is 7.62. The Labute approximate surface area is 97.2 Å². The van der Waals surface area contributed by atoms with Gasteiger partial charge < -0.3 is 10.2 Å². The Morgan fingerprint density at radius 3 is 2.93 bits per heavy atom.